The largest absolute Gasteiger partial charge is 0.379 e. The summed E-state index contributed by atoms with van der Waals surface area (Å²) in [5.74, 6) is 0.0980. The van der Waals surface area contributed by atoms with E-state index in [-0.39, 0.29) is 11.8 Å². The van der Waals surface area contributed by atoms with Crippen molar-refractivity contribution in [1.29, 1.82) is 0 Å². The molecule has 2 aromatic rings. The lowest BCUT2D eigenvalue weighted by Crippen LogP contribution is -2.44. The molecule has 1 fully saturated rings. The van der Waals surface area contributed by atoms with E-state index in [2.05, 4.69) is 40.8 Å². The van der Waals surface area contributed by atoms with Crippen molar-refractivity contribution in [3.05, 3.63) is 71.3 Å². The number of benzene rings is 2. The van der Waals surface area contributed by atoms with Gasteiger partial charge in [-0.15, -0.1) is 0 Å². The van der Waals surface area contributed by atoms with Crippen molar-refractivity contribution in [1.82, 2.24) is 9.62 Å². The Morgan fingerprint density at radius 3 is 2.37 bits per heavy atom. The van der Waals surface area contributed by atoms with Crippen molar-refractivity contribution in [2.75, 3.05) is 38.6 Å². The molecule has 1 heterocycles. The summed E-state index contributed by atoms with van der Waals surface area (Å²) in [6.45, 7) is 5.42. The molecule has 1 saturated heterocycles. The van der Waals surface area contributed by atoms with Crippen LogP contribution in [0.5, 0.6) is 0 Å². The van der Waals surface area contributed by atoms with E-state index in [0.29, 0.717) is 26.2 Å². The maximum Gasteiger partial charge on any atom is 0.211 e. The van der Waals surface area contributed by atoms with Gasteiger partial charge in [0.2, 0.25) is 10.0 Å². The fourth-order valence-corrected chi connectivity index (χ4v) is 4.37. The number of nitrogens with one attached hydrogen (secondary N) is 1. The topological polar surface area (TPSA) is 58.6 Å². The van der Waals surface area contributed by atoms with E-state index in [0.717, 1.165) is 24.2 Å². The Hall–Kier alpha value is -1.73. The average Bonchev–Trinajstić information content (AvgIpc) is 2.70. The number of hydrogen-bond donors (Lipinski definition) is 1. The lowest BCUT2D eigenvalue weighted by molar-refractivity contribution is 0.0172. The van der Waals surface area contributed by atoms with Crippen molar-refractivity contribution in [2.24, 2.45) is 0 Å². The van der Waals surface area contributed by atoms with Gasteiger partial charge in [-0.05, 0) is 24.5 Å². The number of ether oxygens (including phenoxy) is 1. The quantitative estimate of drug-likeness (QED) is 0.755. The van der Waals surface area contributed by atoms with Gasteiger partial charge in [-0.2, -0.15) is 0 Å². The van der Waals surface area contributed by atoms with Gasteiger partial charge in [-0.3, -0.25) is 4.90 Å². The van der Waals surface area contributed by atoms with Crippen molar-refractivity contribution < 1.29 is 13.2 Å². The fraction of sp³-hybridized carbons (Fsp3) is 0.429. The van der Waals surface area contributed by atoms with Crippen LogP contribution in [0.25, 0.3) is 0 Å². The molecule has 27 heavy (non-hydrogen) atoms. The van der Waals surface area contributed by atoms with E-state index in [1.165, 1.54) is 5.56 Å². The Morgan fingerprint density at radius 1 is 1.04 bits per heavy atom. The lowest BCUT2D eigenvalue weighted by Gasteiger charge is -2.35. The first-order chi connectivity index (χ1) is 13.0. The highest BCUT2D eigenvalue weighted by Gasteiger charge is 2.24. The first kappa shape index (κ1) is 20.0. The molecule has 0 radical (unpaired) electrons. The van der Waals surface area contributed by atoms with E-state index in [1.54, 1.807) is 0 Å². The van der Waals surface area contributed by atoms with Crippen LogP contribution in [0.15, 0.2) is 54.6 Å². The summed E-state index contributed by atoms with van der Waals surface area (Å²) in [6.07, 6.45) is 0.517. The zero-order valence-corrected chi connectivity index (χ0v) is 16.6. The maximum atomic E-state index is 12.5. The average molecular weight is 389 g/mol. The SMILES string of the molecule is Cc1ccc(C(CNS(=O)(=O)CCc2ccccc2)N2CCOCC2)cc1. The summed E-state index contributed by atoms with van der Waals surface area (Å²) in [7, 11) is -3.34. The second kappa shape index (κ2) is 9.46. The summed E-state index contributed by atoms with van der Waals surface area (Å²) >= 11 is 0. The van der Waals surface area contributed by atoms with Crippen LogP contribution < -0.4 is 4.72 Å². The van der Waals surface area contributed by atoms with Gasteiger partial charge in [0.15, 0.2) is 0 Å². The van der Waals surface area contributed by atoms with Gasteiger partial charge in [0.05, 0.1) is 19.0 Å². The molecule has 0 aliphatic carbocycles. The first-order valence-electron chi connectivity index (χ1n) is 9.43. The van der Waals surface area contributed by atoms with Crippen LogP contribution in [0.3, 0.4) is 0 Å². The Balaban J connectivity index is 1.65. The van der Waals surface area contributed by atoms with Crippen LogP contribution in [0.2, 0.25) is 0 Å². The van der Waals surface area contributed by atoms with Crippen molar-refractivity contribution in [3.63, 3.8) is 0 Å². The Morgan fingerprint density at radius 2 is 1.70 bits per heavy atom. The molecule has 146 valence electrons. The summed E-state index contributed by atoms with van der Waals surface area (Å²) in [4.78, 5) is 2.30. The minimum atomic E-state index is -3.34. The third-order valence-electron chi connectivity index (χ3n) is 4.95. The molecule has 1 atom stereocenters. The van der Waals surface area contributed by atoms with E-state index in [4.69, 9.17) is 4.74 Å². The maximum absolute atomic E-state index is 12.5. The van der Waals surface area contributed by atoms with E-state index >= 15 is 0 Å². The Labute approximate surface area is 162 Å². The van der Waals surface area contributed by atoms with E-state index < -0.39 is 10.0 Å². The van der Waals surface area contributed by atoms with Crippen LogP contribution in [-0.2, 0) is 21.2 Å². The second-order valence-corrected chi connectivity index (χ2v) is 8.90. The minimum Gasteiger partial charge on any atom is -0.379 e. The number of aryl methyl sites for hydroxylation is 2. The zero-order chi connectivity index (χ0) is 19.1. The summed E-state index contributed by atoms with van der Waals surface area (Å²) in [5, 5.41) is 0. The molecule has 0 aromatic heterocycles. The van der Waals surface area contributed by atoms with Gasteiger partial charge in [0.25, 0.3) is 0 Å². The number of nitrogens with zero attached hydrogens (tertiary/aromatic N) is 1. The van der Waals surface area contributed by atoms with Gasteiger partial charge in [0, 0.05) is 25.7 Å². The van der Waals surface area contributed by atoms with Gasteiger partial charge < -0.3 is 4.74 Å². The number of rotatable bonds is 8. The summed E-state index contributed by atoms with van der Waals surface area (Å²) in [5.41, 5.74) is 3.36. The van der Waals surface area contributed by atoms with Crippen molar-refractivity contribution in [2.45, 2.75) is 19.4 Å². The normalized spacial score (nSPS) is 16.9. The van der Waals surface area contributed by atoms with Crippen LogP contribution in [-0.4, -0.2) is 51.9 Å². The van der Waals surface area contributed by atoms with Crippen LogP contribution in [0.1, 0.15) is 22.7 Å². The second-order valence-electron chi connectivity index (χ2n) is 6.98. The number of sulfonamides is 1. The lowest BCUT2D eigenvalue weighted by atomic mass is 10.0. The van der Waals surface area contributed by atoms with E-state index in [9.17, 15) is 8.42 Å². The smallest absolute Gasteiger partial charge is 0.211 e. The van der Waals surface area contributed by atoms with Crippen molar-refractivity contribution >= 4 is 10.0 Å². The monoisotopic (exact) mass is 388 g/mol. The third kappa shape index (κ3) is 6.14. The van der Waals surface area contributed by atoms with E-state index in [1.807, 2.05) is 30.3 Å². The molecular weight excluding hydrogens is 360 g/mol. The highest BCUT2D eigenvalue weighted by atomic mass is 32.2. The van der Waals surface area contributed by atoms with Crippen LogP contribution in [0.4, 0.5) is 0 Å². The predicted octanol–water partition coefficient (Wildman–Crippen LogP) is 2.53. The minimum absolute atomic E-state index is 0.0148. The van der Waals surface area contributed by atoms with Gasteiger partial charge in [-0.25, -0.2) is 13.1 Å². The first-order valence-corrected chi connectivity index (χ1v) is 11.1. The molecule has 1 unspecified atom stereocenters. The number of morpholine rings is 1. The molecule has 0 spiro atoms. The van der Waals surface area contributed by atoms with Gasteiger partial charge in [0.1, 0.15) is 0 Å². The predicted molar refractivity (Wildman–Crippen MR) is 108 cm³/mol. The Kier molecular flexibility index (Phi) is 7.01. The molecule has 6 heteroatoms. The standard InChI is InChI=1S/C21H28N2O3S/c1-18-7-9-20(10-8-18)21(23-12-14-26-15-13-23)17-22-27(24,25)16-11-19-5-3-2-4-6-19/h2-10,21-22H,11-17H2,1H3. The Bertz CT molecular complexity index is 801. The number of hydrogen-bond acceptors (Lipinski definition) is 4. The van der Waals surface area contributed by atoms with Crippen molar-refractivity contribution in [3.8, 4) is 0 Å². The van der Waals surface area contributed by atoms with Crippen LogP contribution in [0, 0.1) is 6.92 Å². The van der Waals surface area contributed by atoms with Gasteiger partial charge >= 0.3 is 0 Å². The highest BCUT2D eigenvalue weighted by molar-refractivity contribution is 7.89. The van der Waals surface area contributed by atoms with Gasteiger partial charge in [-0.1, -0.05) is 60.2 Å². The van der Waals surface area contributed by atoms with Crippen LogP contribution >= 0.6 is 0 Å². The highest BCUT2D eigenvalue weighted by Crippen LogP contribution is 2.22. The molecule has 1 aliphatic heterocycles. The third-order valence-corrected chi connectivity index (χ3v) is 6.30. The molecule has 0 bridgehead atoms. The molecule has 3 rings (SSSR count). The molecule has 0 saturated carbocycles. The molecule has 5 nitrogen and oxygen atoms in total. The zero-order valence-electron chi connectivity index (χ0n) is 15.8. The molecule has 2 aromatic carbocycles. The molecule has 1 aliphatic rings. The molecule has 0 amide bonds. The fourth-order valence-electron chi connectivity index (χ4n) is 3.31. The molecular formula is C21H28N2O3S. The molecule has 1 N–H and O–H groups in total. The summed E-state index contributed by atoms with van der Waals surface area (Å²) in [6, 6.07) is 18.1. The summed E-state index contributed by atoms with van der Waals surface area (Å²) < 4.78 is 33.3.